The van der Waals surface area contributed by atoms with Crippen molar-refractivity contribution in [2.75, 3.05) is 19.6 Å². The van der Waals surface area contributed by atoms with Crippen LogP contribution in [0.15, 0.2) is 4.21 Å². The van der Waals surface area contributed by atoms with Crippen molar-refractivity contribution in [2.24, 2.45) is 5.92 Å². The normalized spacial score (nSPS) is 24.4. The van der Waals surface area contributed by atoms with Crippen LogP contribution in [0.4, 0.5) is 0 Å². The Bertz CT molecular complexity index is 598. The molecule has 0 spiro atoms. The highest BCUT2D eigenvalue weighted by Crippen LogP contribution is 2.32. The van der Waals surface area contributed by atoms with Crippen LogP contribution in [0, 0.1) is 12.8 Å². The summed E-state index contributed by atoms with van der Waals surface area (Å²) < 4.78 is 27.7. The van der Waals surface area contributed by atoms with Gasteiger partial charge in [-0.25, -0.2) is 18.1 Å². The second-order valence-electron chi connectivity index (χ2n) is 5.57. The van der Waals surface area contributed by atoms with E-state index in [9.17, 15) is 8.42 Å². The van der Waals surface area contributed by atoms with Crippen LogP contribution >= 0.6 is 22.9 Å². The molecule has 0 bridgehead atoms. The van der Waals surface area contributed by atoms with E-state index >= 15 is 0 Å². The van der Waals surface area contributed by atoms with Crippen LogP contribution in [0.5, 0.6) is 0 Å². The first kappa shape index (κ1) is 14.7. The lowest BCUT2D eigenvalue weighted by Gasteiger charge is -2.15. The Hall–Kier alpha value is -0.210. The number of aryl methyl sites for hydroxylation is 1. The van der Waals surface area contributed by atoms with Crippen LogP contribution in [0.2, 0.25) is 4.47 Å². The minimum absolute atomic E-state index is 0.236. The van der Waals surface area contributed by atoms with E-state index in [1.807, 2.05) is 0 Å². The molecule has 3 rings (SSSR count). The Labute approximate surface area is 128 Å². The molecule has 8 heteroatoms. The maximum Gasteiger partial charge on any atom is 0.251 e. The Morgan fingerprint density at radius 3 is 2.80 bits per heavy atom. The number of sulfonamides is 1. The van der Waals surface area contributed by atoms with Crippen molar-refractivity contribution in [3.05, 3.63) is 10.2 Å². The van der Waals surface area contributed by atoms with Gasteiger partial charge in [0.25, 0.3) is 10.0 Å². The van der Waals surface area contributed by atoms with Gasteiger partial charge in [-0.15, -0.1) is 0 Å². The average molecular weight is 336 g/mol. The monoisotopic (exact) mass is 335 g/mol. The van der Waals surface area contributed by atoms with Gasteiger partial charge < -0.3 is 4.90 Å². The zero-order chi connectivity index (χ0) is 14.3. The molecule has 1 unspecified atom stereocenters. The Morgan fingerprint density at radius 2 is 2.20 bits per heavy atom. The molecule has 1 aromatic heterocycles. The maximum atomic E-state index is 12.2. The average Bonchev–Trinajstić information content (AvgIpc) is 3.02. The standard InChI is InChI=1S/C12H18ClN3O2S2/c1-8-11(19-12(13)15-8)20(17,18)14-6-9-4-5-16(7-9)10-2-3-10/h9-10,14H,2-7H2,1H3. The zero-order valence-corrected chi connectivity index (χ0v) is 13.7. The minimum Gasteiger partial charge on any atom is -0.300 e. The predicted molar refractivity (Wildman–Crippen MR) is 79.8 cm³/mol. The molecule has 1 N–H and O–H groups in total. The Morgan fingerprint density at radius 1 is 1.45 bits per heavy atom. The van der Waals surface area contributed by atoms with E-state index in [1.165, 1.54) is 12.8 Å². The van der Waals surface area contributed by atoms with Crippen molar-refractivity contribution in [1.29, 1.82) is 0 Å². The molecular formula is C12H18ClN3O2S2. The van der Waals surface area contributed by atoms with Gasteiger partial charge >= 0.3 is 0 Å². The summed E-state index contributed by atoms with van der Waals surface area (Å²) in [5, 5.41) is 0. The molecule has 1 saturated carbocycles. The summed E-state index contributed by atoms with van der Waals surface area (Å²) in [5.41, 5.74) is 0.471. The molecule has 2 aliphatic rings. The number of hydrogen-bond acceptors (Lipinski definition) is 5. The molecular weight excluding hydrogens is 318 g/mol. The number of nitrogens with one attached hydrogen (secondary N) is 1. The van der Waals surface area contributed by atoms with Gasteiger partial charge in [0.05, 0.1) is 5.69 Å². The van der Waals surface area contributed by atoms with Crippen molar-refractivity contribution in [2.45, 2.75) is 36.4 Å². The second-order valence-corrected chi connectivity index (χ2v) is 9.12. The number of aromatic nitrogens is 1. The first-order valence-electron chi connectivity index (χ1n) is 6.82. The number of hydrogen-bond donors (Lipinski definition) is 1. The zero-order valence-electron chi connectivity index (χ0n) is 11.3. The van der Waals surface area contributed by atoms with E-state index in [0.29, 0.717) is 18.2 Å². The molecule has 1 atom stereocenters. The third-order valence-corrected chi connectivity index (χ3v) is 7.21. The number of rotatable bonds is 5. The molecule has 20 heavy (non-hydrogen) atoms. The Kier molecular flexibility index (Phi) is 4.07. The molecule has 1 aliphatic carbocycles. The van der Waals surface area contributed by atoms with Gasteiger partial charge in [-0.2, -0.15) is 0 Å². The smallest absolute Gasteiger partial charge is 0.251 e. The summed E-state index contributed by atoms with van der Waals surface area (Å²) in [6.07, 6.45) is 3.68. The van der Waals surface area contributed by atoms with Crippen molar-refractivity contribution >= 4 is 33.0 Å². The van der Waals surface area contributed by atoms with Gasteiger partial charge in [-0.3, -0.25) is 0 Å². The van der Waals surface area contributed by atoms with Crippen LogP contribution < -0.4 is 4.72 Å². The highest BCUT2D eigenvalue weighted by Gasteiger charge is 2.34. The molecule has 112 valence electrons. The van der Waals surface area contributed by atoms with E-state index < -0.39 is 10.0 Å². The highest BCUT2D eigenvalue weighted by atomic mass is 35.5. The number of nitrogens with zero attached hydrogens (tertiary/aromatic N) is 2. The van der Waals surface area contributed by atoms with Gasteiger partial charge in [0.15, 0.2) is 8.68 Å². The summed E-state index contributed by atoms with van der Waals surface area (Å²) in [5.74, 6) is 0.411. The van der Waals surface area contributed by atoms with E-state index in [0.717, 1.165) is 36.9 Å². The minimum atomic E-state index is -3.48. The predicted octanol–water partition coefficient (Wildman–Crippen LogP) is 1.87. The van der Waals surface area contributed by atoms with Gasteiger partial charge in [0, 0.05) is 19.1 Å². The fraction of sp³-hybridized carbons (Fsp3) is 0.750. The molecule has 5 nitrogen and oxygen atoms in total. The quantitative estimate of drug-likeness (QED) is 0.892. The second kappa shape index (κ2) is 5.53. The van der Waals surface area contributed by atoms with E-state index in [-0.39, 0.29) is 8.68 Å². The molecule has 2 fully saturated rings. The SMILES string of the molecule is Cc1nc(Cl)sc1S(=O)(=O)NCC1CCN(C2CC2)C1. The summed E-state index contributed by atoms with van der Waals surface area (Å²) in [4.78, 5) is 6.44. The fourth-order valence-corrected chi connectivity index (χ4v) is 5.59. The maximum absolute atomic E-state index is 12.2. The van der Waals surface area contributed by atoms with Crippen molar-refractivity contribution in [3.63, 3.8) is 0 Å². The number of halogens is 1. The number of thiazole rings is 1. The molecule has 2 heterocycles. The summed E-state index contributed by atoms with van der Waals surface area (Å²) in [7, 11) is -3.48. The van der Waals surface area contributed by atoms with Crippen LogP contribution in [0.3, 0.4) is 0 Å². The van der Waals surface area contributed by atoms with E-state index in [2.05, 4.69) is 14.6 Å². The van der Waals surface area contributed by atoms with Crippen LogP contribution in [0.1, 0.15) is 25.0 Å². The lowest BCUT2D eigenvalue weighted by Crippen LogP contribution is -2.31. The molecule has 1 aromatic rings. The Balaban J connectivity index is 1.58. The first-order chi connectivity index (χ1) is 9.45. The molecule has 0 radical (unpaired) electrons. The lowest BCUT2D eigenvalue weighted by molar-refractivity contribution is 0.314. The highest BCUT2D eigenvalue weighted by molar-refractivity contribution is 7.91. The molecule has 0 amide bonds. The van der Waals surface area contributed by atoms with Crippen LogP contribution in [-0.4, -0.2) is 44.0 Å². The molecule has 0 aromatic carbocycles. The summed E-state index contributed by atoms with van der Waals surface area (Å²) in [6.45, 7) is 4.28. The molecule has 1 aliphatic heterocycles. The van der Waals surface area contributed by atoms with Crippen molar-refractivity contribution in [1.82, 2.24) is 14.6 Å². The van der Waals surface area contributed by atoms with E-state index in [4.69, 9.17) is 11.6 Å². The van der Waals surface area contributed by atoms with Gasteiger partial charge in [0.1, 0.15) is 0 Å². The fourth-order valence-electron chi connectivity index (χ4n) is 2.69. The van der Waals surface area contributed by atoms with Gasteiger partial charge in [0.2, 0.25) is 0 Å². The van der Waals surface area contributed by atoms with Crippen molar-refractivity contribution in [3.8, 4) is 0 Å². The lowest BCUT2D eigenvalue weighted by atomic mass is 10.1. The van der Waals surface area contributed by atoms with E-state index in [1.54, 1.807) is 6.92 Å². The third kappa shape index (κ3) is 3.17. The van der Waals surface area contributed by atoms with Gasteiger partial charge in [-0.1, -0.05) is 22.9 Å². The topological polar surface area (TPSA) is 62.3 Å². The van der Waals surface area contributed by atoms with Crippen LogP contribution in [0.25, 0.3) is 0 Å². The molecule has 1 saturated heterocycles. The third-order valence-electron chi connectivity index (χ3n) is 3.91. The summed E-state index contributed by atoms with van der Waals surface area (Å²) >= 11 is 6.78. The van der Waals surface area contributed by atoms with Crippen molar-refractivity contribution < 1.29 is 8.42 Å². The number of likely N-dealkylation sites (tertiary alicyclic amines) is 1. The largest absolute Gasteiger partial charge is 0.300 e. The first-order valence-corrected chi connectivity index (χ1v) is 9.50. The van der Waals surface area contributed by atoms with Gasteiger partial charge in [-0.05, 0) is 38.6 Å². The summed E-state index contributed by atoms with van der Waals surface area (Å²) in [6, 6.07) is 0.763. The van der Waals surface area contributed by atoms with Crippen LogP contribution in [-0.2, 0) is 10.0 Å².